The van der Waals surface area contributed by atoms with E-state index < -0.39 is 5.37 Å². The highest BCUT2D eigenvalue weighted by Crippen LogP contribution is 2.39. The first-order chi connectivity index (χ1) is 9.65. The number of halogens is 1. The number of hydrogen-bond donors (Lipinski definition) is 1. The molecule has 0 radical (unpaired) electrons. The number of benzene rings is 1. The van der Waals surface area contributed by atoms with Crippen molar-refractivity contribution in [1.82, 2.24) is 10.2 Å². The van der Waals surface area contributed by atoms with E-state index in [1.54, 1.807) is 18.2 Å². The molecule has 0 aromatic heterocycles. The molecule has 1 saturated carbocycles. The molecular formula is C14H15FN2O2S. The first-order valence-electron chi connectivity index (χ1n) is 6.60. The van der Waals surface area contributed by atoms with Crippen molar-refractivity contribution in [3.63, 3.8) is 0 Å². The third-order valence-corrected chi connectivity index (χ3v) is 4.63. The van der Waals surface area contributed by atoms with Crippen molar-refractivity contribution in [3.05, 3.63) is 35.6 Å². The molecule has 1 aliphatic heterocycles. The molecule has 2 fully saturated rings. The number of nitrogens with one attached hydrogen (secondary N) is 1. The molecular weight excluding hydrogens is 279 g/mol. The number of rotatable bonds is 4. The molecule has 1 aromatic rings. The van der Waals surface area contributed by atoms with Crippen molar-refractivity contribution in [2.45, 2.75) is 24.3 Å². The van der Waals surface area contributed by atoms with Crippen LogP contribution in [0.25, 0.3) is 0 Å². The first-order valence-corrected chi connectivity index (χ1v) is 7.65. The van der Waals surface area contributed by atoms with Crippen molar-refractivity contribution < 1.29 is 14.0 Å². The van der Waals surface area contributed by atoms with Gasteiger partial charge in [-0.2, -0.15) is 0 Å². The molecule has 2 aliphatic rings. The van der Waals surface area contributed by atoms with Crippen molar-refractivity contribution in [2.24, 2.45) is 0 Å². The molecule has 1 unspecified atom stereocenters. The number of hydrogen-bond acceptors (Lipinski definition) is 3. The number of carbonyl (C=O) groups is 2. The summed E-state index contributed by atoms with van der Waals surface area (Å²) >= 11 is 1.36. The van der Waals surface area contributed by atoms with Crippen LogP contribution < -0.4 is 5.32 Å². The Kier molecular flexibility index (Phi) is 3.65. The summed E-state index contributed by atoms with van der Waals surface area (Å²) < 4.78 is 13.8. The number of nitrogens with zero attached hydrogens (tertiary/aromatic N) is 1. The lowest BCUT2D eigenvalue weighted by Gasteiger charge is -2.24. The van der Waals surface area contributed by atoms with Crippen molar-refractivity contribution in [2.75, 3.05) is 12.3 Å². The summed E-state index contributed by atoms with van der Waals surface area (Å²) in [5, 5.41) is 2.44. The fraction of sp³-hybridized carbons (Fsp3) is 0.429. The lowest BCUT2D eigenvalue weighted by Crippen LogP contribution is -2.40. The third-order valence-electron chi connectivity index (χ3n) is 3.40. The highest BCUT2D eigenvalue weighted by molar-refractivity contribution is 8.00. The molecule has 1 aromatic carbocycles. The molecule has 20 heavy (non-hydrogen) atoms. The van der Waals surface area contributed by atoms with Gasteiger partial charge in [-0.1, -0.05) is 18.2 Å². The average molecular weight is 294 g/mol. The van der Waals surface area contributed by atoms with E-state index in [4.69, 9.17) is 0 Å². The fourth-order valence-corrected chi connectivity index (χ4v) is 3.42. The van der Waals surface area contributed by atoms with Gasteiger partial charge >= 0.3 is 0 Å². The van der Waals surface area contributed by atoms with Gasteiger partial charge in [0.25, 0.3) is 0 Å². The molecule has 1 aliphatic carbocycles. The molecule has 1 N–H and O–H groups in total. The van der Waals surface area contributed by atoms with E-state index >= 15 is 0 Å². The van der Waals surface area contributed by atoms with Crippen LogP contribution in [0.15, 0.2) is 24.3 Å². The quantitative estimate of drug-likeness (QED) is 0.919. The van der Waals surface area contributed by atoms with Crippen LogP contribution in [-0.2, 0) is 9.59 Å². The summed E-state index contributed by atoms with van der Waals surface area (Å²) in [5.74, 6) is -0.332. The lowest BCUT2D eigenvalue weighted by atomic mass is 10.2. The van der Waals surface area contributed by atoms with Gasteiger partial charge in [0.15, 0.2) is 0 Å². The van der Waals surface area contributed by atoms with E-state index in [1.807, 2.05) is 0 Å². The normalized spacial score (nSPS) is 22.1. The Labute approximate surface area is 120 Å². The Morgan fingerprint density at radius 3 is 2.85 bits per heavy atom. The molecule has 1 heterocycles. The maximum Gasteiger partial charge on any atom is 0.239 e. The van der Waals surface area contributed by atoms with Crippen LogP contribution in [0.5, 0.6) is 0 Å². The van der Waals surface area contributed by atoms with Crippen LogP contribution in [0.4, 0.5) is 4.39 Å². The maximum atomic E-state index is 13.8. The van der Waals surface area contributed by atoms with Gasteiger partial charge < -0.3 is 10.2 Å². The minimum Gasteiger partial charge on any atom is -0.352 e. The van der Waals surface area contributed by atoms with Crippen LogP contribution in [0.1, 0.15) is 23.8 Å². The molecule has 2 amide bonds. The second-order valence-corrected chi connectivity index (χ2v) is 6.12. The fourth-order valence-electron chi connectivity index (χ4n) is 2.21. The number of carbonyl (C=O) groups excluding carboxylic acids is 2. The Bertz CT molecular complexity index is 548. The highest BCUT2D eigenvalue weighted by atomic mass is 32.2. The zero-order valence-corrected chi connectivity index (χ0v) is 11.7. The standard InChI is InChI=1S/C14H15FN2O2S/c15-11-4-2-1-3-10(11)14-17(13(19)8-20-14)7-12(18)16-9-5-6-9/h1-4,9,14H,5-8H2,(H,16,18). The van der Waals surface area contributed by atoms with Gasteiger partial charge in [0.05, 0.1) is 5.75 Å². The van der Waals surface area contributed by atoms with Crippen LogP contribution in [0.3, 0.4) is 0 Å². The Morgan fingerprint density at radius 1 is 1.40 bits per heavy atom. The van der Waals surface area contributed by atoms with Crippen LogP contribution in [0, 0.1) is 5.82 Å². The summed E-state index contributed by atoms with van der Waals surface area (Å²) in [5.41, 5.74) is 0.461. The second kappa shape index (κ2) is 5.44. The third kappa shape index (κ3) is 2.80. The van der Waals surface area contributed by atoms with Gasteiger partial charge in [-0.05, 0) is 18.9 Å². The Hall–Kier alpha value is -1.56. The summed E-state index contributed by atoms with van der Waals surface area (Å²) in [7, 11) is 0. The number of amides is 2. The van der Waals surface area contributed by atoms with Crippen LogP contribution in [0.2, 0.25) is 0 Å². The van der Waals surface area contributed by atoms with Crippen LogP contribution >= 0.6 is 11.8 Å². The predicted molar refractivity (Wildman–Crippen MR) is 74.5 cm³/mol. The van der Waals surface area contributed by atoms with Gasteiger partial charge in [-0.15, -0.1) is 11.8 Å². The summed E-state index contributed by atoms with van der Waals surface area (Å²) in [4.78, 5) is 25.2. The first kappa shape index (κ1) is 13.4. The van der Waals surface area contributed by atoms with E-state index in [2.05, 4.69) is 5.32 Å². The van der Waals surface area contributed by atoms with E-state index in [-0.39, 0.29) is 36.0 Å². The molecule has 4 nitrogen and oxygen atoms in total. The minimum absolute atomic E-state index is 0.00132. The van der Waals surface area contributed by atoms with E-state index in [1.165, 1.54) is 22.7 Å². The van der Waals surface area contributed by atoms with Crippen molar-refractivity contribution >= 4 is 23.6 Å². The molecule has 0 bridgehead atoms. The topological polar surface area (TPSA) is 49.4 Å². The summed E-state index contributed by atoms with van der Waals surface area (Å²) in [6, 6.07) is 6.66. The molecule has 106 valence electrons. The Balaban J connectivity index is 1.74. The monoisotopic (exact) mass is 294 g/mol. The predicted octanol–water partition coefficient (Wildman–Crippen LogP) is 1.68. The maximum absolute atomic E-state index is 13.8. The zero-order chi connectivity index (χ0) is 14.1. The smallest absolute Gasteiger partial charge is 0.239 e. The molecule has 1 saturated heterocycles. The van der Waals surface area contributed by atoms with Gasteiger partial charge in [0.2, 0.25) is 11.8 Å². The van der Waals surface area contributed by atoms with Gasteiger partial charge in [-0.25, -0.2) is 4.39 Å². The zero-order valence-electron chi connectivity index (χ0n) is 10.8. The Morgan fingerprint density at radius 2 is 2.15 bits per heavy atom. The molecule has 3 rings (SSSR count). The summed E-state index contributed by atoms with van der Waals surface area (Å²) in [6.45, 7) is 0.00132. The van der Waals surface area contributed by atoms with E-state index in [9.17, 15) is 14.0 Å². The number of thioether (sulfide) groups is 1. The minimum atomic E-state index is -0.409. The van der Waals surface area contributed by atoms with Crippen LogP contribution in [-0.4, -0.2) is 35.1 Å². The SMILES string of the molecule is O=C(CN1C(=O)CSC1c1ccccc1F)NC1CC1. The van der Waals surface area contributed by atoms with E-state index in [0.717, 1.165) is 12.8 Å². The van der Waals surface area contributed by atoms with E-state index in [0.29, 0.717) is 5.56 Å². The van der Waals surface area contributed by atoms with Crippen molar-refractivity contribution in [1.29, 1.82) is 0 Å². The second-order valence-electron chi connectivity index (χ2n) is 5.05. The highest BCUT2D eigenvalue weighted by Gasteiger charge is 2.36. The lowest BCUT2D eigenvalue weighted by molar-refractivity contribution is -0.133. The molecule has 6 heteroatoms. The average Bonchev–Trinajstić information content (AvgIpc) is 3.16. The van der Waals surface area contributed by atoms with Gasteiger partial charge in [0, 0.05) is 11.6 Å². The summed E-state index contributed by atoms with van der Waals surface area (Å²) in [6.07, 6.45) is 2.01. The van der Waals surface area contributed by atoms with Crippen molar-refractivity contribution in [3.8, 4) is 0 Å². The van der Waals surface area contributed by atoms with Gasteiger partial charge in [-0.3, -0.25) is 9.59 Å². The molecule has 0 spiro atoms. The van der Waals surface area contributed by atoms with Gasteiger partial charge in [0.1, 0.15) is 17.7 Å². The molecule has 1 atom stereocenters. The largest absolute Gasteiger partial charge is 0.352 e.